The molecule has 0 atom stereocenters. The molecule has 0 aliphatic carbocycles. The molecule has 0 spiro atoms. The van der Waals surface area contributed by atoms with E-state index in [1.807, 2.05) is 0 Å². The first-order valence-corrected chi connectivity index (χ1v) is 8.53. The van der Waals surface area contributed by atoms with Gasteiger partial charge in [0.15, 0.2) is 0 Å². The smallest absolute Gasteiger partial charge is 0.0277 e. The van der Waals surface area contributed by atoms with Gasteiger partial charge in [0.1, 0.15) is 0 Å². The summed E-state index contributed by atoms with van der Waals surface area (Å²) in [6.45, 7) is 18.9. The number of piperazine rings is 1. The van der Waals surface area contributed by atoms with Crippen molar-refractivity contribution in [2.24, 2.45) is 5.41 Å². The lowest BCUT2D eigenvalue weighted by Gasteiger charge is -2.48. The fourth-order valence-electron chi connectivity index (χ4n) is 3.26. The van der Waals surface area contributed by atoms with Crippen molar-refractivity contribution in [3.05, 3.63) is 0 Å². The third-order valence-corrected chi connectivity index (χ3v) is 5.38. The van der Waals surface area contributed by atoms with E-state index in [0.29, 0.717) is 11.0 Å². The highest BCUT2D eigenvalue weighted by Gasteiger charge is 2.35. The van der Waals surface area contributed by atoms with E-state index in [9.17, 15) is 0 Å². The maximum Gasteiger partial charge on any atom is 0.0277 e. The van der Waals surface area contributed by atoms with E-state index in [0.717, 1.165) is 6.54 Å². The molecule has 1 aliphatic heterocycles. The predicted molar refractivity (Wildman–Crippen MR) is 89.3 cm³/mol. The summed E-state index contributed by atoms with van der Waals surface area (Å²) in [6, 6.07) is 0. The van der Waals surface area contributed by atoms with Crippen LogP contribution in [-0.2, 0) is 0 Å². The van der Waals surface area contributed by atoms with Crippen molar-refractivity contribution in [2.75, 3.05) is 46.3 Å². The zero-order valence-electron chi connectivity index (χ0n) is 14.8. The summed E-state index contributed by atoms with van der Waals surface area (Å²) >= 11 is 0. The van der Waals surface area contributed by atoms with Crippen LogP contribution in [0.5, 0.6) is 0 Å². The maximum absolute atomic E-state index is 3.66. The van der Waals surface area contributed by atoms with E-state index >= 15 is 0 Å². The van der Waals surface area contributed by atoms with E-state index in [1.54, 1.807) is 0 Å². The van der Waals surface area contributed by atoms with Gasteiger partial charge in [-0.25, -0.2) is 0 Å². The molecule has 1 heterocycles. The Morgan fingerprint density at radius 1 is 1.10 bits per heavy atom. The molecule has 3 heteroatoms. The first-order chi connectivity index (χ1) is 9.39. The van der Waals surface area contributed by atoms with Crippen LogP contribution in [0.2, 0.25) is 0 Å². The summed E-state index contributed by atoms with van der Waals surface area (Å²) < 4.78 is 0. The number of likely N-dealkylation sites (N-methyl/N-ethyl adjacent to an activating group) is 1. The Morgan fingerprint density at radius 3 is 2.25 bits per heavy atom. The fraction of sp³-hybridized carbons (Fsp3) is 1.00. The molecule has 1 aliphatic rings. The van der Waals surface area contributed by atoms with Gasteiger partial charge in [0.2, 0.25) is 0 Å². The lowest BCUT2D eigenvalue weighted by molar-refractivity contribution is 0.0135. The molecule has 120 valence electrons. The zero-order chi connectivity index (χ0) is 15.2. The Bertz CT molecular complexity index is 271. The molecule has 1 N–H and O–H groups in total. The zero-order valence-corrected chi connectivity index (χ0v) is 14.8. The van der Waals surface area contributed by atoms with Crippen LogP contribution in [0.15, 0.2) is 0 Å². The summed E-state index contributed by atoms with van der Waals surface area (Å²) in [7, 11) is 2.26. The molecule has 0 radical (unpaired) electrons. The number of hydrogen-bond acceptors (Lipinski definition) is 3. The summed E-state index contributed by atoms with van der Waals surface area (Å²) in [5, 5.41) is 3.66. The van der Waals surface area contributed by atoms with E-state index in [-0.39, 0.29) is 0 Å². The molecule has 0 bridgehead atoms. The molecule has 1 saturated heterocycles. The largest absolute Gasteiger partial charge is 0.316 e. The van der Waals surface area contributed by atoms with E-state index in [1.165, 1.54) is 52.0 Å². The predicted octanol–water partition coefficient (Wildman–Crippen LogP) is 2.82. The van der Waals surface area contributed by atoms with Crippen molar-refractivity contribution < 1.29 is 0 Å². The van der Waals surface area contributed by atoms with Crippen molar-refractivity contribution in [1.82, 2.24) is 15.1 Å². The van der Waals surface area contributed by atoms with Crippen LogP contribution in [0.1, 0.15) is 53.9 Å². The second-order valence-electron chi connectivity index (χ2n) is 7.33. The van der Waals surface area contributed by atoms with Crippen molar-refractivity contribution in [3.8, 4) is 0 Å². The topological polar surface area (TPSA) is 18.5 Å². The van der Waals surface area contributed by atoms with Crippen LogP contribution in [-0.4, -0.2) is 61.7 Å². The normalized spacial score (nSPS) is 21.3. The van der Waals surface area contributed by atoms with Gasteiger partial charge >= 0.3 is 0 Å². The van der Waals surface area contributed by atoms with Gasteiger partial charge < -0.3 is 5.32 Å². The summed E-state index contributed by atoms with van der Waals surface area (Å²) in [6.07, 6.45) is 3.77. The molecule has 3 nitrogen and oxygen atoms in total. The molecule has 0 aromatic carbocycles. The molecule has 1 rings (SSSR count). The number of hydrogen-bond donors (Lipinski definition) is 1. The Hall–Kier alpha value is -0.120. The van der Waals surface area contributed by atoms with Gasteiger partial charge in [0.05, 0.1) is 0 Å². The maximum atomic E-state index is 3.66. The fourth-order valence-corrected chi connectivity index (χ4v) is 3.26. The Morgan fingerprint density at radius 2 is 1.75 bits per heavy atom. The van der Waals surface area contributed by atoms with E-state index in [2.05, 4.69) is 56.8 Å². The summed E-state index contributed by atoms with van der Waals surface area (Å²) in [4.78, 5) is 5.19. The molecule has 0 aromatic heterocycles. The molecular formula is C17H37N3. The van der Waals surface area contributed by atoms with Crippen LogP contribution in [0.25, 0.3) is 0 Å². The van der Waals surface area contributed by atoms with Gasteiger partial charge in [-0.2, -0.15) is 0 Å². The quantitative estimate of drug-likeness (QED) is 0.691. The number of rotatable bonds is 8. The van der Waals surface area contributed by atoms with Gasteiger partial charge in [-0.3, -0.25) is 9.80 Å². The van der Waals surface area contributed by atoms with Gasteiger partial charge in [-0.1, -0.05) is 20.8 Å². The van der Waals surface area contributed by atoms with E-state index < -0.39 is 0 Å². The lowest BCUT2D eigenvalue weighted by Crippen LogP contribution is -2.59. The summed E-state index contributed by atoms with van der Waals surface area (Å²) in [5.41, 5.74) is 0.753. The van der Waals surface area contributed by atoms with Crippen molar-refractivity contribution in [1.29, 1.82) is 0 Å². The molecule has 0 saturated carbocycles. The second kappa shape index (κ2) is 7.77. The van der Waals surface area contributed by atoms with Crippen LogP contribution >= 0.6 is 0 Å². The average Bonchev–Trinajstić information content (AvgIpc) is 2.41. The monoisotopic (exact) mass is 283 g/mol. The van der Waals surface area contributed by atoms with Crippen LogP contribution in [0, 0.1) is 5.41 Å². The third kappa shape index (κ3) is 4.71. The first kappa shape index (κ1) is 17.9. The van der Waals surface area contributed by atoms with Crippen LogP contribution in [0.3, 0.4) is 0 Å². The Kier molecular flexibility index (Phi) is 6.96. The van der Waals surface area contributed by atoms with Crippen molar-refractivity contribution >= 4 is 0 Å². The van der Waals surface area contributed by atoms with E-state index in [4.69, 9.17) is 0 Å². The highest BCUT2D eigenvalue weighted by atomic mass is 15.3. The molecule has 20 heavy (non-hydrogen) atoms. The minimum Gasteiger partial charge on any atom is -0.316 e. The molecule has 1 fully saturated rings. The second-order valence-corrected chi connectivity index (χ2v) is 7.33. The minimum absolute atomic E-state index is 0.308. The summed E-state index contributed by atoms with van der Waals surface area (Å²) in [5.74, 6) is 0. The van der Waals surface area contributed by atoms with Crippen LogP contribution < -0.4 is 5.32 Å². The van der Waals surface area contributed by atoms with Crippen molar-refractivity contribution in [2.45, 2.75) is 59.4 Å². The average molecular weight is 284 g/mol. The standard InChI is InChI=1S/C17H37N3/c1-7-10-18-13-17(8-2,9-3)15-20-12-11-19(6)16(4,5)14-20/h18H,7-15H2,1-6H3. The van der Waals surface area contributed by atoms with Gasteiger partial charge in [0, 0.05) is 38.3 Å². The third-order valence-electron chi connectivity index (χ3n) is 5.38. The molecule has 0 unspecified atom stereocenters. The van der Waals surface area contributed by atoms with Crippen LogP contribution in [0.4, 0.5) is 0 Å². The lowest BCUT2D eigenvalue weighted by atomic mass is 9.81. The SMILES string of the molecule is CCCNCC(CC)(CC)CN1CCN(C)C(C)(C)C1. The van der Waals surface area contributed by atoms with Gasteiger partial charge in [-0.05, 0) is 52.1 Å². The highest BCUT2D eigenvalue weighted by molar-refractivity contribution is 4.91. The molecule has 0 amide bonds. The first-order valence-electron chi connectivity index (χ1n) is 8.53. The van der Waals surface area contributed by atoms with Crippen molar-refractivity contribution in [3.63, 3.8) is 0 Å². The Labute approximate surface area is 127 Å². The Balaban J connectivity index is 2.61. The number of nitrogens with one attached hydrogen (secondary N) is 1. The molecule has 0 aromatic rings. The van der Waals surface area contributed by atoms with Gasteiger partial charge in [0.25, 0.3) is 0 Å². The van der Waals surface area contributed by atoms with Gasteiger partial charge in [-0.15, -0.1) is 0 Å². The minimum atomic E-state index is 0.308. The molecular weight excluding hydrogens is 246 g/mol. The number of nitrogens with zero attached hydrogens (tertiary/aromatic N) is 2. The highest BCUT2D eigenvalue weighted by Crippen LogP contribution is 2.29.